The van der Waals surface area contributed by atoms with E-state index in [1.807, 2.05) is 24.3 Å². The van der Waals surface area contributed by atoms with Crippen LogP contribution in [0.2, 0.25) is 0 Å². The van der Waals surface area contributed by atoms with E-state index in [4.69, 9.17) is 5.11 Å². The predicted octanol–water partition coefficient (Wildman–Crippen LogP) is 5.35. The highest BCUT2D eigenvalue weighted by molar-refractivity contribution is 5.98. The maximum absolute atomic E-state index is 11.2. The minimum atomic E-state index is -1.09. The fourth-order valence-corrected chi connectivity index (χ4v) is 2.27. The predicted molar refractivity (Wildman–Crippen MR) is 87.0 cm³/mol. The Morgan fingerprint density at radius 3 is 2.35 bits per heavy atom. The summed E-state index contributed by atoms with van der Waals surface area (Å²) in [7, 11) is 0. The van der Waals surface area contributed by atoms with Crippen LogP contribution in [-0.4, -0.2) is 11.1 Å². The topological polar surface area (TPSA) is 91.5 Å². The third kappa shape index (κ3) is 2.82. The molecule has 0 amide bonds. The number of benzene rings is 3. The van der Waals surface area contributed by atoms with Crippen LogP contribution in [0.4, 0.5) is 17.1 Å². The Bertz CT molecular complexity index is 935. The van der Waals surface area contributed by atoms with Crippen molar-refractivity contribution in [2.24, 2.45) is 15.4 Å². The molecule has 0 spiro atoms. The first-order valence-corrected chi connectivity index (χ1v) is 6.80. The molecule has 0 saturated heterocycles. The molecule has 0 unspecified atom stereocenters. The van der Waals surface area contributed by atoms with Gasteiger partial charge in [0.15, 0.2) is 0 Å². The van der Waals surface area contributed by atoms with Gasteiger partial charge in [-0.1, -0.05) is 42.5 Å². The molecule has 0 atom stereocenters. The summed E-state index contributed by atoms with van der Waals surface area (Å²) in [5.41, 5.74) is 0.723. The van der Waals surface area contributed by atoms with Crippen LogP contribution in [-0.2, 0) is 0 Å². The molecule has 6 nitrogen and oxygen atoms in total. The van der Waals surface area contributed by atoms with E-state index in [9.17, 15) is 9.70 Å². The zero-order chi connectivity index (χ0) is 16.2. The monoisotopic (exact) mass is 305 g/mol. The molecule has 112 valence electrons. The quantitative estimate of drug-likeness (QED) is 0.520. The van der Waals surface area contributed by atoms with Gasteiger partial charge >= 0.3 is 5.97 Å². The van der Waals surface area contributed by atoms with Gasteiger partial charge in [-0.15, -0.1) is 15.1 Å². The molecule has 3 rings (SSSR count). The van der Waals surface area contributed by atoms with Gasteiger partial charge in [0.2, 0.25) is 0 Å². The molecule has 3 aromatic rings. The van der Waals surface area contributed by atoms with Gasteiger partial charge in [-0.05, 0) is 28.8 Å². The molecule has 6 heteroatoms. The molecule has 0 radical (unpaired) electrons. The van der Waals surface area contributed by atoms with Crippen molar-refractivity contribution in [3.05, 3.63) is 71.1 Å². The third-order valence-corrected chi connectivity index (χ3v) is 3.37. The Labute approximate surface area is 131 Å². The van der Waals surface area contributed by atoms with E-state index in [0.29, 0.717) is 5.69 Å². The molecule has 0 fully saturated rings. The van der Waals surface area contributed by atoms with Gasteiger partial charge in [0.05, 0.1) is 5.56 Å². The number of carboxylic acids is 1. The second-order valence-electron chi connectivity index (χ2n) is 4.77. The number of fused-ring (bicyclic) bond motifs is 1. The van der Waals surface area contributed by atoms with Gasteiger partial charge in [-0.2, -0.15) is 0 Å². The van der Waals surface area contributed by atoms with Crippen LogP contribution in [0.25, 0.3) is 10.8 Å². The van der Waals surface area contributed by atoms with Gasteiger partial charge in [0, 0.05) is 5.39 Å². The SMILES string of the molecule is O=Nc1ccc2ccccc2c1N=Nc1ccccc1C(=O)O. The van der Waals surface area contributed by atoms with Crippen molar-refractivity contribution in [2.45, 2.75) is 0 Å². The van der Waals surface area contributed by atoms with E-state index >= 15 is 0 Å². The molecular weight excluding hydrogens is 294 g/mol. The van der Waals surface area contributed by atoms with Crippen molar-refractivity contribution >= 4 is 33.8 Å². The molecule has 0 aromatic heterocycles. The number of hydrogen-bond donors (Lipinski definition) is 1. The summed E-state index contributed by atoms with van der Waals surface area (Å²) in [5.74, 6) is -1.09. The summed E-state index contributed by atoms with van der Waals surface area (Å²) in [6.07, 6.45) is 0. The number of nitrogens with zero attached hydrogens (tertiary/aromatic N) is 3. The highest BCUT2D eigenvalue weighted by atomic mass is 16.4. The summed E-state index contributed by atoms with van der Waals surface area (Å²) in [4.78, 5) is 22.2. The lowest BCUT2D eigenvalue weighted by atomic mass is 10.1. The second kappa shape index (κ2) is 6.15. The van der Waals surface area contributed by atoms with Crippen LogP contribution in [0.1, 0.15) is 10.4 Å². The Balaban J connectivity index is 2.15. The van der Waals surface area contributed by atoms with Crippen molar-refractivity contribution < 1.29 is 9.90 Å². The fourth-order valence-electron chi connectivity index (χ4n) is 2.27. The Morgan fingerprint density at radius 2 is 1.57 bits per heavy atom. The van der Waals surface area contributed by atoms with Crippen LogP contribution in [0.15, 0.2) is 76.1 Å². The summed E-state index contributed by atoms with van der Waals surface area (Å²) in [6, 6.07) is 17.0. The van der Waals surface area contributed by atoms with Crippen LogP contribution < -0.4 is 0 Å². The molecule has 0 aliphatic rings. The maximum atomic E-state index is 11.2. The summed E-state index contributed by atoms with van der Waals surface area (Å²) < 4.78 is 0. The van der Waals surface area contributed by atoms with E-state index in [-0.39, 0.29) is 16.9 Å². The number of rotatable bonds is 4. The standard InChI is InChI=1S/C17H11N3O3/c21-17(22)13-7-3-4-8-14(13)18-19-16-12-6-2-1-5-11(12)9-10-15(16)20-23/h1-10H,(H,21,22). The van der Waals surface area contributed by atoms with Crippen molar-refractivity contribution in [1.82, 2.24) is 0 Å². The summed E-state index contributed by atoms with van der Waals surface area (Å²) in [6.45, 7) is 0. The Morgan fingerprint density at radius 1 is 0.826 bits per heavy atom. The van der Waals surface area contributed by atoms with Gasteiger partial charge < -0.3 is 5.11 Å². The lowest BCUT2D eigenvalue weighted by Gasteiger charge is -2.03. The van der Waals surface area contributed by atoms with Crippen molar-refractivity contribution in [1.29, 1.82) is 0 Å². The average molecular weight is 305 g/mol. The minimum Gasteiger partial charge on any atom is -0.478 e. The number of nitroso groups, excluding NO2 is 1. The number of azo groups is 1. The molecule has 0 aliphatic carbocycles. The largest absolute Gasteiger partial charge is 0.478 e. The van der Waals surface area contributed by atoms with Gasteiger partial charge in [0.1, 0.15) is 17.1 Å². The first-order chi connectivity index (χ1) is 11.2. The molecule has 1 N–H and O–H groups in total. The molecule has 23 heavy (non-hydrogen) atoms. The highest BCUT2D eigenvalue weighted by Gasteiger charge is 2.10. The summed E-state index contributed by atoms with van der Waals surface area (Å²) >= 11 is 0. The molecular formula is C17H11N3O3. The first-order valence-electron chi connectivity index (χ1n) is 6.80. The highest BCUT2D eigenvalue weighted by Crippen LogP contribution is 2.37. The van der Waals surface area contributed by atoms with Gasteiger partial charge in [0.25, 0.3) is 0 Å². The first kappa shape index (κ1) is 14.5. The maximum Gasteiger partial charge on any atom is 0.337 e. The van der Waals surface area contributed by atoms with E-state index in [1.165, 1.54) is 6.07 Å². The van der Waals surface area contributed by atoms with Crippen LogP contribution in [0.3, 0.4) is 0 Å². The molecule has 0 bridgehead atoms. The molecule has 0 heterocycles. The van der Waals surface area contributed by atoms with Gasteiger partial charge in [-0.3, -0.25) is 0 Å². The van der Waals surface area contributed by atoms with E-state index in [2.05, 4.69) is 15.4 Å². The van der Waals surface area contributed by atoms with E-state index in [0.717, 1.165) is 10.8 Å². The van der Waals surface area contributed by atoms with Gasteiger partial charge in [-0.25, -0.2) is 4.79 Å². The van der Waals surface area contributed by atoms with Crippen molar-refractivity contribution in [2.75, 3.05) is 0 Å². The third-order valence-electron chi connectivity index (χ3n) is 3.37. The fraction of sp³-hybridized carbons (Fsp3) is 0. The van der Waals surface area contributed by atoms with E-state index < -0.39 is 5.97 Å². The number of carboxylic acid groups (broad SMARTS) is 1. The minimum absolute atomic E-state index is 0.0390. The van der Waals surface area contributed by atoms with Crippen molar-refractivity contribution in [3.8, 4) is 0 Å². The van der Waals surface area contributed by atoms with Crippen molar-refractivity contribution in [3.63, 3.8) is 0 Å². The zero-order valence-corrected chi connectivity index (χ0v) is 11.9. The summed E-state index contributed by atoms with van der Waals surface area (Å²) in [5, 5.41) is 21.8. The number of carbonyl (C=O) groups is 1. The lowest BCUT2D eigenvalue weighted by Crippen LogP contribution is -1.95. The normalized spacial score (nSPS) is 11.0. The molecule has 3 aromatic carbocycles. The average Bonchev–Trinajstić information content (AvgIpc) is 2.59. The molecule has 0 aliphatic heterocycles. The Hall–Kier alpha value is -3.41. The van der Waals surface area contributed by atoms with Crippen LogP contribution in [0, 0.1) is 4.91 Å². The molecule has 0 saturated carbocycles. The van der Waals surface area contributed by atoms with Crippen LogP contribution >= 0.6 is 0 Å². The Kier molecular flexibility index (Phi) is 3.88. The lowest BCUT2D eigenvalue weighted by molar-refractivity contribution is 0.0698. The second-order valence-corrected chi connectivity index (χ2v) is 4.77. The number of hydrogen-bond acceptors (Lipinski definition) is 5. The van der Waals surface area contributed by atoms with Crippen LogP contribution in [0.5, 0.6) is 0 Å². The smallest absolute Gasteiger partial charge is 0.337 e. The zero-order valence-electron chi connectivity index (χ0n) is 11.9. The number of aromatic carboxylic acids is 1. The van der Waals surface area contributed by atoms with E-state index in [1.54, 1.807) is 30.3 Å².